The van der Waals surface area contributed by atoms with Crippen molar-refractivity contribution in [3.63, 3.8) is 0 Å². The highest BCUT2D eigenvalue weighted by molar-refractivity contribution is 5.74. The third-order valence-corrected chi connectivity index (χ3v) is 4.86. The van der Waals surface area contributed by atoms with Crippen LogP contribution in [0.25, 0.3) is 11.1 Å². The van der Waals surface area contributed by atoms with Crippen molar-refractivity contribution in [3.05, 3.63) is 34.3 Å². The van der Waals surface area contributed by atoms with Crippen LogP contribution >= 0.6 is 0 Å². The Bertz CT molecular complexity index is 677. The fourth-order valence-corrected chi connectivity index (χ4v) is 3.47. The molecule has 2 N–H and O–H groups in total. The fourth-order valence-electron chi connectivity index (χ4n) is 3.47. The first-order chi connectivity index (χ1) is 9.55. The quantitative estimate of drug-likeness (QED) is 0.935. The zero-order valence-electron chi connectivity index (χ0n) is 12.2. The van der Waals surface area contributed by atoms with Gasteiger partial charge in [0.25, 0.3) is 0 Å². The number of hydrogen-bond donors (Lipinski definition) is 1. The van der Waals surface area contributed by atoms with Crippen molar-refractivity contribution in [2.45, 2.75) is 52.1 Å². The van der Waals surface area contributed by atoms with Crippen LogP contribution in [0.1, 0.15) is 51.1 Å². The van der Waals surface area contributed by atoms with Crippen LogP contribution in [0.5, 0.6) is 0 Å². The van der Waals surface area contributed by atoms with Crippen LogP contribution in [0.2, 0.25) is 0 Å². The Morgan fingerprint density at radius 1 is 1.40 bits per heavy atom. The predicted molar refractivity (Wildman–Crippen MR) is 79.7 cm³/mol. The summed E-state index contributed by atoms with van der Waals surface area (Å²) in [5.74, 6) is -0.291. The Morgan fingerprint density at radius 2 is 2.10 bits per heavy atom. The molecule has 2 aromatic rings. The molecule has 1 aliphatic carbocycles. The normalized spacial score (nSPS) is 19.6. The van der Waals surface area contributed by atoms with E-state index in [-0.39, 0.29) is 17.2 Å². The van der Waals surface area contributed by atoms with Crippen molar-refractivity contribution in [2.24, 2.45) is 11.1 Å². The van der Waals surface area contributed by atoms with Gasteiger partial charge in [-0.05, 0) is 42.9 Å². The van der Waals surface area contributed by atoms with Crippen LogP contribution < -0.4 is 11.5 Å². The summed E-state index contributed by atoms with van der Waals surface area (Å²) in [6, 6.07) is 5.94. The van der Waals surface area contributed by atoms with Crippen LogP contribution in [0, 0.1) is 5.41 Å². The van der Waals surface area contributed by atoms with Crippen molar-refractivity contribution in [1.82, 2.24) is 4.57 Å². The van der Waals surface area contributed by atoms with Gasteiger partial charge in [-0.2, -0.15) is 0 Å². The molecule has 4 heteroatoms. The summed E-state index contributed by atoms with van der Waals surface area (Å²) in [6.07, 6.45) is 4.86. The van der Waals surface area contributed by atoms with Gasteiger partial charge in [-0.25, -0.2) is 4.79 Å². The largest absolute Gasteiger partial charge is 0.419 e. The third-order valence-electron chi connectivity index (χ3n) is 4.86. The fraction of sp³-hybridized carbons (Fsp3) is 0.562. The lowest BCUT2D eigenvalue weighted by Gasteiger charge is -2.31. The minimum atomic E-state index is -0.291. The molecular formula is C16H22N2O2. The van der Waals surface area contributed by atoms with E-state index in [2.05, 4.69) is 6.92 Å². The minimum Gasteiger partial charge on any atom is -0.408 e. The van der Waals surface area contributed by atoms with Crippen molar-refractivity contribution in [2.75, 3.05) is 0 Å². The molecule has 1 saturated carbocycles. The van der Waals surface area contributed by atoms with Crippen molar-refractivity contribution < 1.29 is 4.42 Å². The number of nitrogens with two attached hydrogens (primary N) is 1. The maximum Gasteiger partial charge on any atom is 0.419 e. The highest BCUT2D eigenvalue weighted by atomic mass is 16.4. The number of aryl methyl sites for hydroxylation is 1. The molecule has 1 atom stereocenters. The second-order valence-corrected chi connectivity index (χ2v) is 6.18. The first-order valence-corrected chi connectivity index (χ1v) is 7.44. The average molecular weight is 274 g/mol. The Morgan fingerprint density at radius 3 is 2.75 bits per heavy atom. The smallest absolute Gasteiger partial charge is 0.408 e. The van der Waals surface area contributed by atoms with Crippen molar-refractivity contribution in [3.8, 4) is 0 Å². The molecule has 108 valence electrons. The molecule has 20 heavy (non-hydrogen) atoms. The number of benzene rings is 1. The molecule has 4 nitrogen and oxygen atoms in total. The lowest BCUT2D eigenvalue weighted by molar-refractivity contribution is 0.265. The molecule has 0 amide bonds. The number of rotatable bonds is 3. The van der Waals surface area contributed by atoms with Gasteiger partial charge >= 0.3 is 5.76 Å². The van der Waals surface area contributed by atoms with Gasteiger partial charge in [0, 0.05) is 12.6 Å². The zero-order valence-corrected chi connectivity index (χ0v) is 12.2. The molecule has 0 radical (unpaired) electrons. The lowest BCUT2D eigenvalue weighted by atomic mass is 9.78. The summed E-state index contributed by atoms with van der Waals surface area (Å²) in [4.78, 5) is 11.7. The summed E-state index contributed by atoms with van der Waals surface area (Å²) in [5.41, 5.74) is 9.21. The summed E-state index contributed by atoms with van der Waals surface area (Å²) in [7, 11) is 0. The average Bonchev–Trinajstić information content (AvgIpc) is 3.00. The van der Waals surface area contributed by atoms with Crippen LogP contribution in [-0.4, -0.2) is 4.57 Å². The molecule has 1 heterocycles. The Labute approximate surface area is 118 Å². The van der Waals surface area contributed by atoms with Gasteiger partial charge in [0.15, 0.2) is 5.58 Å². The summed E-state index contributed by atoms with van der Waals surface area (Å²) in [5, 5.41) is 0. The second kappa shape index (κ2) is 4.77. The Kier molecular flexibility index (Phi) is 3.21. The monoisotopic (exact) mass is 274 g/mol. The molecule has 0 bridgehead atoms. The Hall–Kier alpha value is -1.55. The van der Waals surface area contributed by atoms with Crippen LogP contribution in [0.3, 0.4) is 0 Å². The predicted octanol–water partition coefficient (Wildman–Crippen LogP) is 3.19. The van der Waals surface area contributed by atoms with E-state index in [0.717, 1.165) is 11.1 Å². The highest BCUT2D eigenvalue weighted by Gasteiger charge is 2.35. The molecule has 1 unspecified atom stereocenters. The number of oxazole rings is 1. The van der Waals surface area contributed by atoms with Gasteiger partial charge in [-0.3, -0.25) is 4.57 Å². The Balaban J connectivity index is 2.03. The van der Waals surface area contributed by atoms with E-state index in [1.54, 1.807) is 4.57 Å². The summed E-state index contributed by atoms with van der Waals surface area (Å²) >= 11 is 0. The first kappa shape index (κ1) is 13.4. The van der Waals surface area contributed by atoms with E-state index in [9.17, 15) is 4.79 Å². The van der Waals surface area contributed by atoms with Gasteiger partial charge in [-0.1, -0.05) is 25.8 Å². The molecule has 3 rings (SSSR count). The molecule has 1 aromatic carbocycles. The summed E-state index contributed by atoms with van der Waals surface area (Å²) in [6.45, 7) is 4.83. The third kappa shape index (κ3) is 1.99. The highest BCUT2D eigenvalue weighted by Crippen LogP contribution is 2.46. The van der Waals surface area contributed by atoms with E-state index in [1.807, 2.05) is 25.1 Å². The van der Waals surface area contributed by atoms with Crippen molar-refractivity contribution in [1.29, 1.82) is 0 Å². The zero-order chi connectivity index (χ0) is 14.3. The van der Waals surface area contributed by atoms with Gasteiger partial charge in [0.05, 0.1) is 5.52 Å². The molecule has 1 fully saturated rings. The second-order valence-electron chi connectivity index (χ2n) is 6.18. The summed E-state index contributed by atoms with van der Waals surface area (Å²) < 4.78 is 6.97. The van der Waals surface area contributed by atoms with Gasteiger partial charge in [0.1, 0.15) is 0 Å². The van der Waals surface area contributed by atoms with E-state index >= 15 is 0 Å². The molecule has 1 aromatic heterocycles. The molecular weight excluding hydrogens is 252 g/mol. The van der Waals surface area contributed by atoms with E-state index in [0.29, 0.717) is 12.1 Å². The standard InChI is InChI=1S/C16H22N2O2/c1-3-18-12-7-6-11(10-13(12)20-15(18)19)14(17)16(2)8-4-5-9-16/h6-7,10,14H,3-5,8-9,17H2,1-2H3. The molecule has 0 saturated heterocycles. The van der Waals surface area contributed by atoms with Gasteiger partial charge in [-0.15, -0.1) is 0 Å². The number of hydrogen-bond acceptors (Lipinski definition) is 3. The number of nitrogens with zero attached hydrogens (tertiary/aromatic N) is 1. The van der Waals surface area contributed by atoms with Crippen LogP contribution in [0.4, 0.5) is 0 Å². The van der Waals surface area contributed by atoms with E-state index in [1.165, 1.54) is 25.7 Å². The van der Waals surface area contributed by atoms with Gasteiger partial charge in [0.2, 0.25) is 0 Å². The number of aromatic nitrogens is 1. The van der Waals surface area contributed by atoms with Crippen molar-refractivity contribution >= 4 is 11.1 Å². The van der Waals surface area contributed by atoms with E-state index in [4.69, 9.17) is 10.2 Å². The first-order valence-electron chi connectivity index (χ1n) is 7.44. The molecule has 1 aliphatic rings. The van der Waals surface area contributed by atoms with Gasteiger partial charge < -0.3 is 10.2 Å². The maximum atomic E-state index is 11.7. The topological polar surface area (TPSA) is 61.2 Å². The SMILES string of the molecule is CCn1c(=O)oc2cc(C(N)C3(C)CCCC3)ccc21. The molecule has 0 aliphatic heterocycles. The van der Waals surface area contributed by atoms with Crippen LogP contribution in [0.15, 0.2) is 27.4 Å². The number of fused-ring (bicyclic) bond motifs is 1. The maximum absolute atomic E-state index is 11.7. The minimum absolute atomic E-state index is 0.00433. The van der Waals surface area contributed by atoms with Crippen LogP contribution in [-0.2, 0) is 6.54 Å². The van der Waals surface area contributed by atoms with E-state index < -0.39 is 0 Å². The molecule has 0 spiro atoms. The lowest BCUT2D eigenvalue weighted by Crippen LogP contribution is -2.29.